The number of nitrogens with one attached hydrogen (secondary N) is 2. The van der Waals surface area contributed by atoms with Crippen LogP contribution < -0.4 is 5.32 Å². The Morgan fingerprint density at radius 2 is 2.08 bits per heavy atom. The van der Waals surface area contributed by atoms with Crippen LogP contribution in [0.15, 0.2) is 24.3 Å². The number of aromatic amines is 1. The average molecular weight is 341 g/mol. The molecular weight excluding hydrogens is 314 g/mol. The highest BCUT2D eigenvalue weighted by atomic mass is 16.5. The summed E-state index contributed by atoms with van der Waals surface area (Å²) in [6.07, 6.45) is 2.13. The predicted molar refractivity (Wildman–Crippen MR) is 99.9 cm³/mol. The van der Waals surface area contributed by atoms with Crippen LogP contribution in [0.3, 0.4) is 0 Å². The van der Waals surface area contributed by atoms with E-state index in [-0.39, 0.29) is 11.4 Å². The molecule has 3 heterocycles. The summed E-state index contributed by atoms with van der Waals surface area (Å²) < 4.78 is 5.54. The number of hydrogen-bond acceptors (Lipinski definition) is 2. The molecule has 5 heteroatoms. The van der Waals surface area contributed by atoms with Crippen LogP contribution in [0.4, 0.5) is 10.5 Å². The fourth-order valence-electron chi connectivity index (χ4n) is 4.80. The third-order valence-electron chi connectivity index (χ3n) is 5.84. The molecule has 2 amide bonds. The number of fused-ring (bicyclic) bond motifs is 1. The van der Waals surface area contributed by atoms with Gasteiger partial charge in [-0.15, -0.1) is 0 Å². The lowest BCUT2D eigenvalue weighted by Gasteiger charge is -2.60. The zero-order valence-electron chi connectivity index (χ0n) is 15.3. The van der Waals surface area contributed by atoms with E-state index in [2.05, 4.69) is 30.2 Å². The number of carbonyl (C=O) groups is 1. The van der Waals surface area contributed by atoms with Gasteiger partial charge in [-0.2, -0.15) is 0 Å². The first kappa shape index (κ1) is 16.5. The first-order valence-corrected chi connectivity index (χ1v) is 9.23. The molecule has 1 spiro atoms. The zero-order chi connectivity index (χ0) is 17.6. The third kappa shape index (κ3) is 2.80. The van der Waals surface area contributed by atoms with E-state index < -0.39 is 0 Å². The van der Waals surface area contributed by atoms with E-state index >= 15 is 0 Å². The number of aromatic nitrogens is 1. The number of H-pyrrole nitrogens is 1. The fraction of sp³-hybridized carbons (Fsp3) is 0.550. The van der Waals surface area contributed by atoms with Crippen LogP contribution in [0.5, 0.6) is 0 Å². The van der Waals surface area contributed by atoms with Crippen LogP contribution in [-0.4, -0.2) is 41.7 Å². The molecule has 2 fully saturated rings. The molecule has 0 bridgehead atoms. The van der Waals surface area contributed by atoms with Crippen LogP contribution in [0.1, 0.15) is 32.4 Å². The van der Waals surface area contributed by atoms with Gasteiger partial charge in [0.05, 0.1) is 0 Å². The van der Waals surface area contributed by atoms with Crippen molar-refractivity contribution in [1.82, 2.24) is 9.88 Å². The van der Waals surface area contributed by atoms with Crippen LogP contribution in [0.2, 0.25) is 0 Å². The van der Waals surface area contributed by atoms with E-state index in [9.17, 15) is 4.79 Å². The van der Waals surface area contributed by atoms with Gasteiger partial charge in [0.2, 0.25) is 0 Å². The molecule has 2 N–H and O–H groups in total. The van der Waals surface area contributed by atoms with Gasteiger partial charge in [-0.3, -0.25) is 0 Å². The highest BCUT2D eigenvalue weighted by Crippen LogP contribution is 2.48. The van der Waals surface area contributed by atoms with Gasteiger partial charge < -0.3 is 19.9 Å². The number of carbonyl (C=O) groups excluding carboxylic acids is 1. The molecular formula is C20H27N3O2. The van der Waals surface area contributed by atoms with Crippen LogP contribution in [-0.2, 0) is 4.74 Å². The number of benzene rings is 1. The van der Waals surface area contributed by atoms with Crippen molar-refractivity contribution in [2.75, 3.05) is 25.1 Å². The van der Waals surface area contributed by atoms with Crippen molar-refractivity contribution in [3.8, 4) is 0 Å². The summed E-state index contributed by atoms with van der Waals surface area (Å²) in [7, 11) is 0. The normalized spacial score (nSPS) is 22.4. The van der Waals surface area contributed by atoms with Crippen LogP contribution in [0.25, 0.3) is 10.9 Å². The molecule has 0 radical (unpaired) electrons. The predicted octanol–water partition coefficient (Wildman–Crippen LogP) is 4.15. The summed E-state index contributed by atoms with van der Waals surface area (Å²) in [6.45, 7) is 8.96. The number of anilines is 1. The smallest absolute Gasteiger partial charge is 0.322 e. The molecule has 2 aliphatic rings. The Balaban J connectivity index is 1.50. The second-order valence-corrected chi connectivity index (χ2v) is 7.98. The van der Waals surface area contributed by atoms with Crippen molar-refractivity contribution in [3.05, 3.63) is 30.0 Å². The van der Waals surface area contributed by atoms with E-state index in [1.807, 2.05) is 30.0 Å². The van der Waals surface area contributed by atoms with Crippen molar-refractivity contribution in [2.24, 2.45) is 11.3 Å². The fourth-order valence-corrected chi connectivity index (χ4v) is 4.80. The van der Waals surface area contributed by atoms with Gasteiger partial charge in [-0.05, 0) is 49.9 Å². The molecule has 0 unspecified atom stereocenters. The van der Waals surface area contributed by atoms with Crippen molar-refractivity contribution in [2.45, 2.75) is 39.7 Å². The molecule has 1 aromatic carbocycles. The highest BCUT2D eigenvalue weighted by Gasteiger charge is 2.55. The molecule has 1 atom stereocenters. The lowest BCUT2D eigenvalue weighted by atomic mass is 9.63. The number of rotatable bonds is 2. The van der Waals surface area contributed by atoms with Crippen LogP contribution >= 0.6 is 0 Å². The van der Waals surface area contributed by atoms with E-state index in [0.29, 0.717) is 12.0 Å². The number of nitrogens with zero attached hydrogens (tertiary/aromatic N) is 1. The van der Waals surface area contributed by atoms with E-state index in [1.54, 1.807) is 0 Å². The maximum absolute atomic E-state index is 12.9. The standard InChI is InChI=1S/C20H27N3O2/c1-13(2)18-20(6-8-25-9-7-20)12-23(18)19(24)22-16-4-5-17-15(11-16)10-14(3)21-17/h4-5,10-11,13,18,21H,6-9,12H2,1-3H3,(H,22,24)/t18-/m0/s1. The molecule has 2 aromatic rings. The van der Waals surface area contributed by atoms with Gasteiger partial charge in [-0.1, -0.05) is 13.8 Å². The zero-order valence-corrected chi connectivity index (χ0v) is 15.3. The number of urea groups is 1. The molecule has 5 nitrogen and oxygen atoms in total. The lowest BCUT2D eigenvalue weighted by Crippen LogP contribution is -2.70. The number of hydrogen-bond donors (Lipinski definition) is 2. The summed E-state index contributed by atoms with van der Waals surface area (Å²) in [5, 5.41) is 4.22. The Hall–Kier alpha value is -2.01. The molecule has 2 aliphatic heterocycles. The Bertz CT molecular complexity index is 789. The molecule has 134 valence electrons. The van der Waals surface area contributed by atoms with Crippen molar-refractivity contribution in [1.29, 1.82) is 0 Å². The number of amides is 2. The second kappa shape index (κ2) is 6.06. The average Bonchev–Trinajstić information content (AvgIpc) is 2.92. The number of aryl methyl sites for hydroxylation is 1. The highest BCUT2D eigenvalue weighted by molar-refractivity contribution is 5.93. The Labute approximate surface area is 148 Å². The van der Waals surface area contributed by atoms with Crippen molar-refractivity contribution < 1.29 is 9.53 Å². The van der Waals surface area contributed by atoms with Gasteiger partial charge in [-0.25, -0.2) is 4.79 Å². The van der Waals surface area contributed by atoms with Crippen molar-refractivity contribution in [3.63, 3.8) is 0 Å². The minimum absolute atomic E-state index is 0.0161. The summed E-state index contributed by atoms with van der Waals surface area (Å²) in [5.74, 6) is 0.451. The maximum atomic E-state index is 12.9. The van der Waals surface area contributed by atoms with Crippen LogP contribution in [0, 0.1) is 18.3 Å². The molecule has 25 heavy (non-hydrogen) atoms. The molecule has 4 rings (SSSR count). The molecule has 2 saturated heterocycles. The number of likely N-dealkylation sites (tertiary alicyclic amines) is 1. The minimum Gasteiger partial charge on any atom is -0.381 e. The Morgan fingerprint density at radius 3 is 2.80 bits per heavy atom. The minimum atomic E-state index is 0.0161. The quantitative estimate of drug-likeness (QED) is 0.862. The SMILES string of the molecule is Cc1cc2cc(NC(=O)N3CC4(CCOCC4)[C@@H]3C(C)C)ccc2[nH]1. The van der Waals surface area contributed by atoms with Gasteiger partial charge in [0, 0.05) is 53.5 Å². The maximum Gasteiger partial charge on any atom is 0.322 e. The largest absolute Gasteiger partial charge is 0.381 e. The van der Waals surface area contributed by atoms with Crippen molar-refractivity contribution >= 4 is 22.6 Å². The Kier molecular flexibility index (Phi) is 3.99. The third-order valence-corrected chi connectivity index (χ3v) is 5.84. The molecule has 1 aromatic heterocycles. The van der Waals surface area contributed by atoms with Gasteiger partial charge in [0.25, 0.3) is 0 Å². The second-order valence-electron chi connectivity index (χ2n) is 7.98. The summed E-state index contributed by atoms with van der Waals surface area (Å²) >= 11 is 0. The van der Waals surface area contributed by atoms with Gasteiger partial charge in [0.15, 0.2) is 0 Å². The van der Waals surface area contributed by atoms with Gasteiger partial charge in [0.1, 0.15) is 0 Å². The first-order chi connectivity index (χ1) is 12.0. The summed E-state index contributed by atoms with van der Waals surface area (Å²) in [5.41, 5.74) is 3.33. The molecule has 0 aliphatic carbocycles. The Morgan fingerprint density at radius 1 is 1.32 bits per heavy atom. The van der Waals surface area contributed by atoms with E-state index in [0.717, 1.165) is 54.9 Å². The number of ether oxygens (including phenoxy) is 1. The molecule has 0 saturated carbocycles. The van der Waals surface area contributed by atoms with Gasteiger partial charge >= 0.3 is 6.03 Å². The van der Waals surface area contributed by atoms with E-state index in [4.69, 9.17) is 4.74 Å². The topological polar surface area (TPSA) is 57.4 Å². The van der Waals surface area contributed by atoms with E-state index in [1.165, 1.54) is 0 Å². The summed E-state index contributed by atoms with van der Waals surface area (Å²) in [6, 6.07) is 8.43. The monoisotopic (exact) mass is 341 g/mol. The lowest BCUT2D eigenvalue weighted by molar-refractivity contribution is -0.122. The first-order valence-electron chi connectivity index (χ1n) is 9.23. The summed E-state index contributed by atoms with van der Waals surface area (Å²) in [4.78, 5) is 18.2.